The molecular formula is C19H14Cl2N4O. The van der Waals surface area contributed by atoms with Crippen LogP contribution in [-0.4, -0.2) is 22.4 Å². The van der Waals surface area contributed by atoms with Crippen LogP contribution in [0.15, 0.2) is 54.9 Å². The van der Waals surface area contributed by atoms with E-state index in [0.29, 0.717) is 15.7 Å². The van der Waals surface area contributed by atoms with E-state index in [1.54, 1.807) is 24.4 Å². The highest BCUT2D eigenvalue weighted by molar-refractivity contribution is 6.42. The highest BCUT2D eigenvalue weighted by Crippen LogP contribution is 2.32. The number of nitrogens with zero attached hydrogens (tertiary/aromatic N) is 3. The highest BCUT2D eigenvalue weighted by atomic mass is 35.5. The van der Waals surface area contributed by atoms with Crippen molar-refractivity contribution in [3.05, 3.63) is 76.2 Å². The van der Waals surface area contributed by atoms with Gasteiger partial charge < -0.3 is 10.2 Å². The third-order valence-corrected chi connectivity index (χ3v) is 4.95. The van der Waals surface area contributed by atoms with Crippen LogP contribution in [0.5, 0.6) is 0 Å². The molecule has 1 aliphatic rings. The number of aromatic nitrogens is 2. The van der Waals surface area contributed by atoms with Crippen molar-refractivity contribution in [2.45, 2.75) is 6.42 Å². The molecule has 2 heterocycles. The Balaban J connectivity index is 1.51. The van der Waals surface area contributed by atoms with Crippen LogP contribution in [0.3, 0.4) is 0 Å². The van der Waals surface area contributed by atoms with E-state index in [0.717, 1.165) is 24.5 Å². The van der Waals surface area contributed by atoms with E-state index >= 15 is 0 Å². The first-order valence-electron chi connectivity index (χ1n) is 8.06. The summed E-state index contributed by atoms with van der Waals surface area (Å²) in [5, 5.41) is 3.54. The summed E-state index contributed by atoms with van der Waals surface area (Å²) in [6.07, 6.45) is 4.06. The minimum Gasteiger partial charge on any atom is -0.325 e. The molecule has 130 valence electrons. The Hall–Kier alpha value is -2.63. The zero-order valence-corrected chi connectivity index (χ0v) is 15.1. The summed E-state index contributed by atoms with van der Waals surface area (Å²) >= 11 is 11.8. The van der Waals surface area contributed by atoms with Crippen molar-refractivity contribution in [1.82, 2.24) is 9.97 Å². The number of rotatable bonds is 3. The van der Waals surface area contributed by atoms with Crippen molar-refractivity contribution in [2.24, 2.45) is 0 Å². The van der Waals surface area contributed by atoms with Crippen molar-refractivity contribution in [3.8, 4) is 0 Å². The van der Waals surface area contributed by atoms with Crippen LogP contribution in [0.2, 0.25) is 10.0 Å². The van der Waals surface area contributed by atoms with E-state index in [1.807, 2.05) is 12.1 Å². The third-order valence-electron chi connectivity index (χ3n) is 4.21. The van der Waals surface area contributed by atoms with E-state index in [4.69, 9.17) is 23.2 Å². The number of benzene rings is 2. The third kappa shape index (κ3) is 3.23. The van der Waals surface area contributed by atoms with Gasteiger partial charge in [0.1, 0.15) is 5.69 Å². The second-order valence-electron chi connectivity index (χ2n) is 5.87. The number of fused-ring (bicyclic) bond motifs is 1. The Bertz CT molecular complexity index is 976. The first kappa shape index (κ1) is 16.8. The molecule has 0 unspecified atom stereocenters. The SMILES string of the molecule is O=C(Nc1ccc(Cl)c(Cl)c1)c1cnc(N2CCc3ccccc32)cn1. The Morgan fingerprint density at radius 3 is 2.65 bits per heavy atom. The summed E-state index contributed by atoms with van der Waals surface area (Å²) < 4.78 is 0. The lowest BCUT2D eigenvalue weighted by atomic mass is 10.2. The van der Waals surface area contributed by atoms with Crippen molar-refractivity contribution in [3.63, 3.8) is 0 Å². The molecule has 0 bridgehead atoms. The number of hydrogen-bond acceptors (Lipinski definition) is 4. The molecule has 1 aliphatic heterocycles. The summed E-state index contributed by atoms with van der Waals surface area (Å²) in [7, 11) is 0. The van der Waals surface area contributed by atoms with Crippen molar-refractivity contribution >= 4 is 46.3 Å². The van der Waals surface area contributed by atoms with Gasteiger partial charge in [-0.15, -0.1) is 0 Å². The standard InChI is InChI=1S/C19H14Cl2N4O/c20-14-6-5-13(9-15(14)21)24-19(26)16-10-23-18(11-22-16)25-8-7-12-3-1-2-4-17(12)25/h1-6,9-11H,7-8H2,(H,24,26). The van der Waals surface area contributed by atoms with Crippen molar-refractivity contribution in [2.75, 3.05) is 16.8 Å². The molecule has 0 saturated heterocycles. The minimum atomic E-state index is -0.357. The predicted octanol–water partition coefficient (Wildman–Crippen LogP) is 4.73. The van der Waals surface area contributed by atoms with E-state index in [1.165, 1.54) is 11.8 Å². The van der Waals surface area contributed by atoms with Crippen LogP contribution in [0.4, 0.5) is 17.2 Å². The fraction of sp³-hybridized carbons (Fsp3) is 0.105. The van der Waals surface area contributed by atoms with Crippen LogP contribution in [0, 0.1) is 0 Å². The average molecular weight is 385 g/mol. The second kappa shape index (κ2) is 6.94. The summed E-state index contributed by atoms with van der Waals surface area (Å²) in [6.45, 7) is 0.850. The number of hydrogen-bond donors (Lipinski definition) is 1. The summed E-state index contributed by atoms with van der Waals surface area (Å²) in [6, 6.07) is 13.1. The van der Waals surface area contributed by atoms with E-state index in [2.05, 4.69) is 32.3 Å². The maximum atomic E-state index is 12.3. The Morgan fingerprint density at radius 1 is 1.04 bits per heavy atom. The van der Waals surface area contributed by atoms with Gasteiger partial charge in [-0.05, 0) is 36.2 Å². The molecule has 0 radical (unpaired) electrons. The average Bonchev–Trinajstić information content (AvgIpc) is 3.09. The maximum Gasteiger partial charge on any atom is 0.275 e. The number of nitrogens with one attached hydrogen (secondary N) is 1. The molecule has 1 amide bonds. The maximum absolute atomic E-state index is 12.3. The van der Waals surface area contributed by atoms with Crippen molar-refractivity contribution in [1.29, 1.82) is 0 Å². The highest BCUT2D eigenvalue weighted by Gasteiger charge is 2.21. The normalized spacial score (nSPS) is 12.8. The molecule has 0 saturated carbocycles. The number of carbonyl (C=O) groups is 1. The first-order chi connectivity index (χ1) is 12.6. The molecule has 26 heavy (non-hydrogen) atoms. The molecule has 2 aromatic carbocycles. The van der Waals surface area contributed by atoms with Gasteiger partial charge in [-0.1, -0.05) is 41.4 Å². The predicted molar refractivity (Wildman–Crippen MR) is 104 cm³/mol. The summed E-state index contributed by atoms with van der Waals surface area (Å²) in [4.78, 5) is 23.1. The van der Waals surface area contributed by atoms with Crippen LogP contribution in [0.25, 0.3) is 0 Å². The molecule has 0 aliphatic carbocycles. The molecule has 7 heteroatoms. The van der Waals surface area contributed by atoms with Gasteiger partial charge in [-0.25, -0.2) is 9.97 Å². The van der Waals surface area contributed by atoms with Crippen LogP contribution < -0.4 is 10.2 Å². The quantitative estimate of drug-likeness (QED) is 0.708. The van der Waals surface area contributed by atoms with Gasteiger partial charge in [0.15, 0.2) is 5.82 Å². The number of halogens is 2. The smallest absolute Gasteiger partial charge is 0.275 e. The zero-order chi connectivity index (χ0) is 18.1. The van der Waals surface area contributed by atoms with Gasteiger partial charge in [0.05, 0.1) is 22.4 Å². The molecule has 1 N–H and O–H groups in total. The molecule has 5 nitrogen and oxygen atoms in total. The lowest BCUT2D eigenvalue weighted by molar-refractivity contribution is 0.102. The largest absolute Gasteiger partial charge is 0.325 e. The monoisotopic (exact) mass is 384 g/mol. The second-order valence-corrected chi connectivity index (χ2v) is 6.69. The molecule has 0 fully saturated rings. The molecular weight excluding hydrogens is 371 g/mol. The lowest BCUT2D eigenvalue weighted by Crippen LogP contribution is -2.18. The first-order valence-corrected chi connectivity index (χ1v) is 8.81. The van der Waals surface area contributed by atoms with Gasteiger partial charge in [0, 0.05) is 17.9 Å². The van der Waals surface area contributed by atoms with Gasteiger partial charge >= 0.3 is 0 Å². The Morgan fingerprint density at radius 2 is 1.88 bits per heavy atom. The van der Waals surface area contributed by atoms with Crippen LogP contribution in [-0.2, 0) is 6.42 Å². The fourth-order valence-corrected chi connectivity index (χ4v) is 3.22. The molecule has 0 atom stereocenters. The van der Waals surface area contributed by atoms with Crippen LogP contribution >= 0.6 is 23.2 Å². The summed E-state index contributed by atoms with van der Waals surface area (Å²) in [5.74, 6) is 0.366. The summed E-state index contributed by atoms with van der Waals surface area (Å²) in [5.41, 5.74) is 3.20. The van der Waals surface area contributed by atoms with Gasteiger partial charge in [0.2, 0.25) is 0 Å². The number of amides is 1. The topological polar surface area (TPSA) is 58.1 Å². The Labute approximate surface area is 160 Å². The molecule has 1 aromatic heterocycles. The van der Waals surface area contributed by atoms with Crippen LogP contribution in [0.1, 0.15) is 16.1 Å². The number of para-hydroxylation sites is 1. The fourth-order valence-electron chi connectivity index (χ4n) is 2.92. The van der Waals surface area contributed by atoms with E-state index in [-0.39, 0.29) is 11.6 Å². The van der Waals surface area contributed by atoms with Crippen molar-refractivity contribution < 1.29 is 4.79 Å². The number of carbonyl (C=O) groups excluding carboxylic acids is 1. The van der Waals surface area contributed by atoms with Gasteiger partial charge in [0.25, 0.3) is 5.91 Å². The Kier molecular flexibility index (Phi) is 4.49. The van der Waals surface area contributed by atoms with E-state index < -0.39 is 0 Å². The molecule has 3 aromatic rings. The molecule has 4 rings (SSSR count). The minimum absolute atomic E-state index is 0.229. The number of anilines is 3. The van der Waals surface area contributed by atoms with Gasteiger partial charge in [-0.2, -0.15) is 0 Å². The van der Waals surface area contributed by atoms with Gasteiger partial charge in [-0.3, -0.25) is 4.79 Å². The van der Waals surface area contributed by atoms with E-state index in [9.17, 15) is 4.79 Å². The molecule has 0 spiro atoms. The lowest BCUT2D eigenvalue weighted by Gasteiger charge is -2.17. The zero-order valence-electron chi connectivity index (χ0n) is 13.6.